The maximum Gasteiger partial charge on any atom is 0.305 e. The lowest BCUT2D eigenvalue weighted by Gasteiger charge is -2.44. The third-order valence-corrected chi connectivity index (χ3v) is 4.81. The summed E-state index contributed by atoms with van der Waals surface area (Å²) in [6.07, 6.45) is 10.1. The van der Waals surface area contributed by atoms with Crippen molar-refractivity contribution in [1.29, 1.82) is 0 Å². The van der Waals surface area contributed by atoms with Gasteiger partial charge in [0.2, 0.25) is 5.91 Å². The molecule has 0 N–H and O–H groups in total. The number of hydrogen-bond acceptors (Lipinski definition) is 3. The minimum Gasteiger partial charge on any atom is -0.469 e. The molecule has 2 aliphatic rings. The maximum atomic E-state index is 12.4. The predicted molar refractivity (Wildman–Crippen MR) is 77.2 cm³/mol. The Labute approximate surface area is 121 Å². The standard InChI is InChI=1S/C16H27NO3/c1-20-16(19)11-5-4-10-15(18)17-12-6-8-13-7-2-3-9-14(13)17/h13-14H,2-12H2,1H3. The molecule has 2 fully saturated rings. The van der Waals surface area contributed by atoms with E-state index in [1.165, 1.54) is 39.2 Å². The Bertz CT molecular complexity index is 341. The summed E-state index contributed by atoms with van der Waals surface area (Å²) in [6.45, 7) is 0.941. The number of amides is 1. The van der Waals surface area contributed by atoms with Crippen molar-refractivity contribution in [2.45, 2.75) is 70.3 Å². The van der Waals surface area contributed by atoms with Gasteiger partial charge >= 0.3 is 5.97 Å². The Hall–Kier alpha value is -1.06. The number of likely N-dealkylation sites (tertiary alicyclic amines) is 1. The van der Waals surface area contributed by atoms with Crippen molar-refractivity contribution < 1.29 is 14.3 Å². The quantitative estimate of drug-likeness (QED) is 0.575. The van der Waals surface area contributed by atoms with Gasteiger partial charge in [-0.3, -0.25) is 9.59 Å². The zero-order chi connectivity index (χ0) is 14.4. The first-order valence-electron chi connectivity index (χ1n) is 8.08. The van der Waals surface area contributed by atoms with Crippen LogP contribution in [0.25, 0.3) is 0 Å². The highest BCUT2D eigenvalue weighted by Crippen LogP contribution is 2.35. The van der Waals surface area contributed by atoms with Crippen LogP contribution in [0.15, 0.2) is 0 Å². The molecule has 0 bridgehead atoms. The summed E-state index contributed by atoms with van der Waals surface area (Å²) >= 11 is 0. The number of ether oxygens (including phenoxy) is 1. The molecule has 4 nitrogen and oxygen atoms in total. The van der Waals surface area contributed by atoms with E-state index in [2.05, 4.69) is 9.64 Å². The van der Waals surface area contributed by atoms with E-state index in [9.17, 15) is 9.59 Å². The van der Waals surface area contributed by atoms with Crippen molar-refractivity contribution >= 4 is 11.9 Å². The molecule has 0 aromatic heterocycles. The van der Waals surface area contributed by atoms with Crippen molar-refractivity contribution in [3.63, 3.8) is 0 Å². The SMILES string of the molecule is COC(=O)CCCCC(=O)N1CCCC2CCCCC21. The van der Waals surface area contributed by atoms with Gasteiger partial charge in [0.25, 0.3) is 0 Å². The number of esters is 1. The van der Waals surface area contributed by atoms with Crippen molar-refractivity contribution in [2.75, 3.05) is 13.7 Å². The molecule has 0 radical (unpaired) electrons. The molecule has 1 amide bonds. The summed E-state index contributed by atoms with van der Waals surface area (Å²) in [5, 5.41) is 0. The lowest BCUT2D eigenvalue weighted by Crippen LogP contribution is -2.49. The van der Waals surface area contributed by atoms with Crippen molar-refractivity contribution in [3.8, 4) is 0 Å². The predicted octanol–water partition coefficient (Wildman–Crippen LogP) is 2.90. The second kappa shape index (κ2) is 7.65. The minimum atomic E-state index is -0.178. The van der Waals surface area contributed by atoms with E-state index >= 15 is 0 Å². The summed E-state index contributed by atoms with van der Waals surface area (Å²) in [7, 11) is 1.41. The van der Waals surface area contributed by atoms with Gasteiger partial charge in [-0.05, 0) is 44.4 Å². The molecule has 0 aromatic rings. The summed E-state index contributed by atoms with van der Waals surface area (Å²) in [5.41, 5.74) is 0. The number of nitrogens with zero attached hydrogens (tertiary/aromatic N) is 1. The summed E-state index contributed by atoms with van der Waals surface area (Å²) < 4.78 is 4.61. The van der Waals surface area contributed by atoms with Gasteiger partial charge in [-0.1, -0.05) is 12.8 Å². The molecule has 2 atom stereocenters. The first-order chi connectivity index (χ1) is 9.72. The fourth-order valence-corrected chi connectivity index (χ4v) is 3.73. The lowest BCUT2D eigenvalue weighted by molar-refractivity contribution is -0.141. The minimum absolute atomic E-state index is 0.178. The van der Waals surface area contributed by atoms with Gasteiger partial charge < -0.3 is 9.64 Å². The van der Waals surface area contributed by atoms with Crippen LogP contribution in [-0.4, -0.2) is 36.5 Å². The summed E-state index contributed by atoms with van der Waals surface area (Å²) in [4.78, 5) is 25.5. The van der Waals surface area contributed by atoms with Crippen LogP contribution in [0.2, 0.25) is 0 Å². The van der Waals surface area contributed by atoms with Crippen LogP contribution in [-0.2, 0) is 14.3 Å². The van der Waals surface area contributed by atoms with Crippen LogP contribution in [0.5, 0.6) is 0 Å². The fourth-order valence-electron chi connectivity index (χ4n) is 3.73. The van der Waals surface area contributed by atoms with Gasteiger partial charge in [-0.15, -0.1) is 0 Å². The van der Waals surface area contributed by atoms with Crippen molar-refractivity contribution in [2.24, 2.45) is 5.92 Å². The van der Waals surface area contributed by atoms with E-state index in [4.69, 9.17) is 0 Å². The molecule has 114 valence electrons. The average molecular weight is 281 g/mol. The molecule has 1 saturated carbocycles. The second-order valence-electron chi connectivity index (χ2n) is 6.12. The zero-order valence-electron chi connectivity index (χ0n) is 12.6. The van der Waals surface area contributed by atoms with Crippen molar-refractivity contribution in [3.05, 3.63) is 0 Å². The Morgan fingerprint density at radius 1 is 1.05 bits per heavy atom. The van der Waals surface area contributed by atoms with Gasteiger partial charge in [0.05, 0.1) is 7.11 Å². The van der Waals surface area contributed by atoms with Gasteiger partial charge in [0, 0.05) is 25.4 Å². The second-order valence-corrected chi connectivity index (χ2v) is 6.12. The van der Waals surface area contributed by atoms with Crippen LogP contribution in [0, 0.1) is 5.92 Å². The smallest absolute Gasteiger partial charge is 0.305 e. The third kappa shape index (κ3) is 3.97. The lowest BCUT2D eigenvalue weighted by atomic mass is 9.78. The molecule has 1 aliphatic heterocycles. The molecule has 20 heavy (non-hydrogen) atoms. The number of fused-ring (bicyclic) bond motifs is 1. The van der Waals surface area contributed by atoms with E-state index in [0.717, 1.165) is 31.7 Å². The highest BCUT2D eigenvalue weighted by molar-refractivity contribution is 5.76. The van der Waals surface area contributed by atoms with Crippen LogP contribution in [0.4, 0.5) is 0 Å². The molecule has 1 aliphatic carbocycles. The van der Waals surface area contributed by atoms with Crippen LogP contribution < -0.4 is 0 Å². The number of carbonyl (C=O) groups excluding carboxylic acids is 2. The number of carbonyl (C=O) groups is 2. The molecular formula is C16H27NO3. The van der Waals surface area contributed by atoms with E-state index in [1.807, 2.05) is 0 Å². The topological polar surface area (TPSA) is 46.6 Å². The average Bonchev–Trinajstić information content (AvgIpc) is 2.50. The first kappa shape index (κ1) is 15.3. The molecule has 1 heterocycles. The number of rotatable bonds is 5. The number of hydrogen-bond donors (Lipinski definition) is 0. The molecule has 0 aromatic carbocycles. The zero-order valence-corrected chi connectivity index (χ0v) is 12.6. The molecule has 4 heteroatoms. The highest BCUT2D eigenvalue weighted by Gasteiger charge is 2.35. The molecule has 0 spiro atoms. The Morgan fingerprint density at radius 3 is 2.55 bits per heavy atom. The number of piperidine rings is 1. The van der Waals surface area contributed by atoms with Crippen molar-refractivity contribution in [1.82, 2.24) is 4.90 Å². The molecule has 1 saturated heterocycles. The number of unbranched alkanes of at least 4 members (excludes halogenated alkanes) is 1. The van der Waals surface area contributed by atoms with Gasteiger partial charge in [0.15, 0.2) is 0 Å². The van der Waals surface area contributed by atoms with E-state index in [0.29, 0.717) is 24.8 Å². The summed E-state index contributed by atoms with van der Waals surface area (Å²) in [5.74, 6) is 0.866. The Morgan fingerprint density at radius 2 is 1.75 bits per heavy atom. The Balaban J connectivity index is 1.74. The van der Waals surface area contributed by atoms with Gasteiger partial charge in [-0.2, -0.15) is 0 Å². The molecular weight excluding hydrogens is 254 g/mol. The number of methoxy groups -OCH3 is 1. The first-order valence-corrected chi connectivity index (χ1v) is 8.08. The largest absolute Gasteiger partial charge is 0.469 e. The van der Waals surface area contributed by atoms with Gasteiger partial charge in [0.1, 0.15) is 0 Å². The molecule has 2 unspecified atom stereocenters. The van der Waals surface area contributed by atoms with E-state index in [-0.39, 0.29) is 5.97 Å². The normalized spacial score (nSPS) is 25.9. The van der Waals surface area contributed by atoms with Crippen LogP contribution >= 0.6 is 0 Å². The van der Waals surface area contributed by atoms with E-state index in [1.54, 1.807) is 0 Å². The highest BCUT2D eigenvalue weighted by atomic mass is 16.5. The summed E-state index contributed by atoms with van der Waals surface area (Å²) in [6, 6.07) is 0.505. The Kier molecular flexibility index (Phi) is 5.86. The third-order valence-electron chi connectivity index (χ3n) is 4.81. The fraction of sp³-hybridized carbons (Fsp3) is 0.875. The van der Waals surface area contributed by atoms with Gasteiger partial charge in [-0.25, -0.2) is 0 Å². The maximum absolute atomic E-state index is 12.4. The van der Waals surface area contributed by atoms with Crippen LogP contribution in [0.3, 0.4) is 0 Å². The molecule has 2 rings (SSSR count). The monoisotopic (exact) mass is 281 g/mol. The van der Waals surface area contributed by atoms with Crippen LogP contribution in [0.1, 0.15) is 64.2 Å². The van der Waals surface area contributed by atoms with E-state index < -0.39 is 0 Å².